The van der Waals surface area contributed by atoms with Gasteiger partial charge in [0.05, 0.1) is 18.3 Å². The summed E-state index contributed by atoms with van der Waals surface area (Å²) in [7, 11) is 0. The van der Waals surface area contributed by atoms with Gasteiger partial charge in [0.2, 0.25) is 0 Å². The first kappa shape index (κ1) is 13.5. The van der Waals surface area contributed by atoms with Gasteiger partial charge in [0.15, 0.2) is 0 Å². The van der Waals surface area contributed by atoms with Crippen molar-refractivity contribution in [2.75, 3.05) is 0 Å². The van der Waals surface area contributed by atoms with Gasteiger partial charge in [-0.3, -0.25) is 4.98 Å². The SMILES string of the molecule is O=C(NCc1ccccn1)NC1CCc2cc(F)ccc21. The molecule has 3 rings (SSSR count). The highest BCUT2D eigenvalue weighted by molar-refractivity contribution is 5.74. The lowest BCUT2D eigenvalue weighted by Crippen LogP contribution is -2.37. The number of hydrogen-bond acceptors (Lipinski definition) is 2. The molecule has 2 aromatic rings. The van der Waals surface area contributed by atoms with E-state index in [2.05, 4.69) is 15.6 Å². The Kier molecular flexibility index (Phi) is 3.81. The molecule has 108 valence electrons. The highest BCUT2D eigenvalue weighted by Crippen LogP contribution is 2.31. The highest BCUT2D eigenvalue weighted by atomic mass is 19.1. The molecular weight excluding hydrogens is 269 g/mol. The quantitative estimate of drug-likeness (QED) is 0.911. The summed E-state index contributed by atoms with van der Waals surface area (Å²) in [5.74, 6) is -0.228. The Balaban J connectivity index is 1.57. The van der Waals surface area contributed by atoms with Crippen molar-refractivity contribution in [3.05, 3.63) is 65.2 Å². The normalized spacial score (nSPS) is 16.3. The number of amides is 2. The monoisotopic (exact) mass is 285 g/mol. The minimum Gasteiger partial charge on any atom is -0.332 e. The van der Waals surface area contributed by atoms with E-state index in [4.69, 9.17) is 0 Å². The van der Waals surface area contributed by atoms with E-state index in [9.17, 15) is 9.18 Å². The molecule has 0 saturated heterocycles. The van der Waals surface area contributed by atoms with Crippen LogP contribution in [0.4, 0.5) is 9.18 Å². The zero-order valence-corrected chi connectivity index (χ0v) is 11.5. The molecule has 1 heterocycles. The number of carbonyl (C=O) groups is 1. The molecule has 0 radical (unpaired) electrons. The van der Waals surface area contributed by atoms with Crippen LogP contribution in [0.2, 0.25) is 0 Å². The van der Waals surface area contributed by atoms with E-state index in [0.717, 1.165) is 29.7 Å². The second kappa shape index (κ2) is 5.91. The van der Waals surface area contributed by atoms with Crippen LogP contribution < -0.4 is 10.6 Å². The topological polar surface area (TPSA) is 54.0 Å². The molecule has 0 aliphatic heterocycles. The second-order valence-electron chi connectivity index (χ2n) is 5.08. The number of rotatable bonds is 3. The van der Waals surface area contributed by atoms with Crippen molar-refractivity contribution in [1.82, 2.24) is 15.6 Å². The predicted molar refractivity (Wildman–Crippen MR) is 77.1 cm³/mol. The van der Waals surface area contributed by atoms with Gasteiger partial charge in [0, 0.05) is 6.20 Å². The molecule has 1 atom stereocenters. The van der Waals surface area contributed by atoms with Gasteiger partial charge in [0.1, 0.15) is 5.82 Å². The minimum absolute atomic E-state index is 0.0515. The van der Waals surface area contributed by atoms with E-state index in [1.807, 2.05) is 18.2 Å². The molecule has 0 saturated carbocycles. The van der Waals surface area contributed by atoms with Crippen molar-refractivity contribution in [3.63, 3.8) is 0 Å². The molecule has 1 aromatic carbocycles. The number of urea groups is 1. The van der Waals surface area contributed by atoms with E-state index in [-0.39, 0.29) is 17.9 Å². The molecule has 1 aromatic heterocycles. The molecule has 21 heavy (non-hydrogen) atoms. The largest absolute Gasteiger partial charge is 0.332 e. The molecule has 1 aliphatic rings. The molecule has 1 aliphatic carbocycles. The number of benzene rings is 1. The minimum atomic E-state index is -0.233. The van der Waals surface area contributed by atoms with Gasteiger partial charge in [-0.15, -0.1) is 0 Å². The zero-order chi connectivity index (χ0) is 14.7. The van der Waals surface area contributed by atoms with Gasteiger partial charge in [-0.25, -0.2) is 9.18 Å². The van der Waals surface area contributed by atoms with E-state index in [1.165, 1.54) is 6.07 Å². The second-order valence-corrected chi connectivity index (χ2v) is 5.08. The van der Waals surface area contributed by atoms with E-state index in [1.54, 1.807) is 18.3 Å². The lowest BCUT2D eigenvalue weighted by molar-refractivity contribution is 0.236. The maximum atomic E-state index is 13.2. The van der Waals surface area contributed by atoms with Crippen LogP contribution >= 0.6 is 0 Å². The van der Waals surface area contributed by atoms with Crippen LogP contribution in [0.15, 0.2) is 42.6 Å². The summed E-state index contributed by atoms with van der Waals surface area (Å²) in [4.78, 5) is 16.1. The van der Waals surface area contributed by atoms with Crippen LogP contribution in [-0.4, -0.2) is 11.0 Å². The highest BCUT2D eigenvalue weighted by Gasteiger charge is 2.24. The van der Waals surface area contributed by atoms with Crippen LogP contribution in [0.3, 0.4) is 0 Å². The Morgan fingerprint density at radius 2 is 2.24 bits per heavy atom. The van der Waals surface area contributed by atoms with Gasteiger partial charge in [0.25, 0.3) is 0 Å². The third-order valence-corrected chi connectivity index (χ3v) is 3.64. The number of aryl methyl sites for hydroxylation is 1. The van der Waals surface area contributed by atoms with Gasteiger partial charge >= 0.3 is 6.03 Å². The maximum absolute atomic E-state index is 13.2. The van der Waals surface area contributed by atoms with Crippen molar-refractivity contribution in [2.24, 2.45) is 0 Å². The predicted octanol–water partition coefficient (Wildman–Crippen LogP) is 2.71. The number of hydrogen-bond donors (Lipinski definition) is 2. The average Bonchev–Trinajstić information content (AvgIpc) is 2.88. The van der Waals surface area contributed by atoms with Crippen molar-refractivity contribution in [3.8, 4) is 0 Å². The van der Waals surface area contributed by atoms with Crippen LogP contribution in [0.1, 0.15) is 29.3 Å². The summed E-state index contributed by atoms with van der Waals surface area (Å²) in [6, 6.07) is 10.0. The third kappa shape index (κ3) is 3.18. The lowest BCUT2D eigenvalue weighted by atomic mass is 10.1. The number of nitrogens with zero attached hydrogens (tertiary/aromatic N) is 1. The van der Waals surface area contributed by atoms with E-state index in [0.29, 0.717) is 6.54 Å². The van der Waals surface area contributed by atoms with Crippen molar-refractivity contribution in [2.45, 2.75) is 25.4 Å². The van der Waals surface area contributed by atoms with Gasteiger partial charge in [-0.1, -0.05) is 12.1 Å². The van der Waals surface area contributed by atoms with Crippen molar-refractivity contribution >= 4 is 6.03 Å². The summed E-state index contributed by atoms with van der Waals surface area (Å²) < 4.78 is 13.2. The van der Waals surface area contributed by atoms with Crippen LogP contribution in [0.5, 0.6) is 0 Å². The lowest BCUT2D eigenvalue weighted by Gasteiger charge is -2.14. The number of pyridine rings is 1. The van der Waals surface area contributed by atoms with Crippen LogP contribution in [0.25, 0.3) is 0 Å². The molecule has 0 spiro atoms. The molecule has 1 unspecified atom stereocenters. The fourth-order valence-corrected chi connectivity index (χ4v) is 2.62. The fraction of sp³-hybridized carbons (Fsp3) is 0.250. The number of nitrogens with one attached hydrogen (secondary N) is 2. The summed E-state index contributed by atoms with van der Waals surface area (Å²) >= 11 is 0. The third-order valence-electron chi connectivity index (χ3n) is 3.64. The van der Waals surface area contributed by atoms with E-state index < -0.39 is 0 Å². The molecule has 2 N–H and O–H groups in total. The Morgan fingerprint density at radius 1 is 1.33 bits per heavy atom. The fourth-order valence-electron chi connectivity index (χ4n) is 2.62. The maximum Gasteiger partial charge on any atom is 0.315 e. The molecular formula is C16H16FN3O. The Labute approximate surface area is 122 Å². The summed E-state index contributed by atoms with van der Waals surface area (Å²) in [6.07, 6.45) is 3.28. The number of fused-ring (bicyclic) bond motifs is 1. The summed E-state index contributed by atoms with van der Waals surface area (Å²) in [6.45, 7) is 0.385. The Hall–Kier alpha value is -2.43. The number of aromatic nitrogens is 1. The number of carbonyl (C=O) groups excluding carboxylic acids is 1. The summed E-state index contributed by atoms with van der Waals surface area (Å²) in [5.41, 5.74) is 2.79. The standard InChI is InChI=1S/C16H16FN3O/c17-12-5-6-14-11(9-12)4-7-15(14)20-16(21)19-10-13-3-1-2-8-18-13/h1-3,5-6,8-9,15H,4,7,10H2,(H2,19,20,21). The van der Waals surface area contributed by atoms with E-state index >= 15 is 0 Å². The molecule has 0 fully saturated rings. The Morgan fingerprint density at radius 3 is 3.05 bits per heavy atom. The molecule has 4 nitrogen and oxygen atoms in total. The average molecular weight is 285 g/mol. The molecule has 5 heteroatoms. The first-order valence-corrected chi connectivity index (χ1v) is 6.95. The van der Waals surface area contributed by atoms with Gasteiger partial charge < -0.3 is 10.6 Å². The first-order valence-electron chi connectivity index (χ1n) is 6.95. The smallest absolute Gasteiger partial charge is 0.315 e. The Bertz CT molecular complexity index is 645. The number of halogens is 1. The summed E-state index contributed by atoms with van der Waals surface area (Å²) in [5, 5.41) is 5.71. The molecule has 0 bridgehead atoms. The van der Waals surface area contributed by atoms with Crippen molar-refractivity contribution in [1.29, 1.82) is 0 Å². The zero-order valence-electron chi connectivity index (χ0n) is 11.5. The molecule has 2 amide bonds. The van der Waals surface area contributed by atoms with Crippen LogP contribution in [0, 0.1) is 5.82 Å². The van der Waals surface area contributed by atoms with Gasteiger partial charge in [-0.05, 0) is 48.2 Å². The van der Waals surface area contributed by atoms with Gasteiger partial charge in [-0.2, -0.15) is 0 Å². The van der Waals surface area contributed by atoms with Crippen LogP contribution in [-0.2, 0) is 13.0 Å². The first-order chi connectivity index (χ1) is 10.2. The van der Waals surface area contributed by atoms with Crippen molar-refractivity contribution < 1.29 is 9.18 Å².